The fraction of sp³-hybridized carbons (Fsp3) is 0.120. The van der Waals surface area contributed by atoms with Gasteiger partial charge < -0.3 is 14.8 Å². The van der Waals surface area contributed by atoms with Crippen LogP contribution in [-0.2, 0) is 14.3 Å². The lowest BCUT2D eigenvalue weighted by atomic mass is 10.1. The van der Waals surface area contributed by atoms with Crippen LogP contribution in [0.1, 0.15) is 22.8 Å². The van der Waals surface area contributed by atoms with E-state index in [1.807, 2.05) is 37.3 Å². The number of rotatable bonds is 7. The molecule has 152 valence electrons. The lowest BCUT2D eigenvalue weighted by Gasteiger charge is -2.17. The van der Waals surface area contributed by atoms with Crippen molar-refractivity contribution in [3.05, 3.63) is 102 Å². The van der Waals surface area contributed by atoms with Gasteiger partial charge in [0.15, 0.2) is 0 Å². The molecule has 0 radical (unpaired) electrons. The Morgan fingerprint density at radius 3 is 2.37 bits per heavy atom. The molecule has 0 aliphatic carbocycles. The van der Waals surface area contributed by atoms with E-state index in [-0.39, 0.29) is 0 Å². The van der Waals surface area contributed by atoms with E-state index in [0.29, 0.717) is 17.0 Å². The molecule has 3 aromatic rings. The van der Waals surface area contributed by atoms with Crippen molar-refractivity contribution < 1.29 is 19.1 Å². The molecule has 0 aliphatic rings. The highest BCUT2D eigenvalue weighted by atomic mass is 16.5. The van der Waals surface area contributed by atoms with E-state index in [4.69, 9.17) is 9.47 Å². The molecule has 0 aromatic heterocycles. The molecule has 0 fully saturated rings. The van der Waals surface area contributed by atoms with E-state index in [1.165, 1.54) is 6.08 Å². The van der Waals surface area contributed by atoms with Gasteiger partial charge in [0.2, 0.25) is 6.10 Å². The third-order valence-electron chi connectivity index (χ3n) is 4.40. The van der Waals surface area contributed by atoms with Crippen molar-refractivity contribution in [2.45, 2.75) is 13.0 Å². The van der Waals surface area contributed by atoms with Crippen LogP contribution in [0.4, 0.5) is 5.69 Å². The third kappa shape index (κ3) is 5.82. The van der Waals surface area contributed by atoms with Crippen LogP contribution < -0.4 is 10.1 Å². The number of aryl methyl sites for hydroxylation is 1. The van der Waals surface area contributed by atoms with Gasteiger partial charge in [0.05, 0.1) is 7.11 Å². The first-order valence-corrected chi connectivity index (χ1v) is 9.50. The second-order valence-corrected chi connectivity index (χ2v) is 6.69. The number of carbonyl (C=O) groups excluding carboxylic acids is 2. The zero-order chi connectivity index (χ0) is 21.3. The largest absolute Gasteiger partial charge is 0.497 e. The highest BCUT2D eigenvalue weighted by Crippen LogP contribution is 2.22. The minimum Gasteiger partial charge on any atom is -0.497 e. The van der Waals surface area contributed by atoms with Gasteiger partial charge >= 0.3 is 5.97 Å². The number of methoxy groups -OCH3 is 1. The molecule has 30 heavy (non-hydrogen) atoms. The van der Waals surface area contributed by atoms with Crippen molar-refractivity contribution in [2.75, 3.05) is 12.4 Å². The molecule has 1 N–H and O–H groups in total. The summed E-state index contributed by atoms with van der Waals surface area (Å²) in [6, 6.07) is 23.6. The quantitative estimate of drug-likeness (QED) is 0.450. The summed E-state index contributed by atoms with van der Waals surface area (Å²) in [5.41, 5.74) is 3.13. The van der Waals surface area contributed by atoms with E-state index in [2.05, 4.69) is 5.32 Å². The first-order chi connectivity index (χ1) is 14.5. The predicted octanol–water partition coefficient (Wildman–Crippen LogP) is 4.94. The number of benzene rings is 3. The molecule has 0 saturated heterocycles. The van der Waals surface area contributed by atoms with Crippen molar-refractivity contribution >= 4 is 23.6 Å². The number of hydrogen-bond donors (Lipinski definition) is 1. The molecular weight excluding hydrogens is 378 g/mol. The predicted molar refractivity (Wildman–Crippen MR) is 117 cm³/mol. The third-order valence-corrected chi connectivity index (χ3v) is 4.40. The Kier molecular flexibility index (Phi) is 7.00. The van der Waals surface area contributed by atoms with Crippen LogP contribution in [0.5, 0.6) is 5.75 Å². The van der Waals surface area contributed by atoms with Gasteiger partial charge in [-0.2, -0.15) is 0 Å². The molecular formula is C25H23NO4. The molecule has 1 atom stereocenters. The summed E-state index contributed by atoms with van der Waals surface area (Å²) in [5, 5.41) is 2.78. The van der Waals surface area contributed by atoms with E-state index in [1.54, 1.807) is 61.7 Å². The van der Waals surface area contributed by atoms with E-state index in [0.717, 1.165) is 11.1 Å². The monoisotopic (exact) mass is 401 g/mol. The highest BCUT2D eigenvalue weighted by molar-refractivity contribution is 5.97. The van der Waals surface area contributed by atoms with E-state index < -0.39 is 18.0 Å². The average molecular weight is 401 g/mol. The average Bonchev–Trinajstić information content (AvgIpc) is 2.77. The van der Waals surface area contributed by atoms with Gasteiger partial charge in [-0.05, 0) is 30.7 Å². The lowest BCUT2D eigenvalue weighted by molar-refractivity contribution is -0.149. The van der Waals surface area contributed by atoms with Gasteiger partial charge in [-0.15, -0.1) is 0 Å². The molecule has 0 unspecified atom stereocenters. The van der Waals surface area contributed by atoms with Crippen molar-refractivity contribution in [3.8, 4) is 5.75 Å². The maximum atomic E-state index is 12.9. The second kappa shape index (κ2) is 10.1. The summed E-state index contributed by atoms with van der Waals surface area (Å²) >= 11 is 0. The summed E-state index contributed by atoms with van der Waals surface area (Å²) in [4.78, 5) is 25.3. The summed E-state index contributed by atoms with van der Waals surface area (Å²) in [5.74, 6) is -0.446. The maximum absolute atomic E-state index is 12.9. The number of esters is 1. The van der Waals surface area contributed by atoms with Crippen LogP contribution in [0.25, 0.3) is 6.08 Å². The van der Waals surface area contributed by atoms with Crippen LogP contribution in [0.2, 0.25) is 0 Å². The first-order valence-electron chi connectivity index (χ1n) is 9.50. The summed E-state index contributed by atoms with van der Waals surface area (Å²) in [7, 11) is 1.55. The van der Waals surface area contributed by atoms with Crippen molar-refractivity contribution in [1.82, 2.24) is 0 Å². The maximum Gasteiger partial charge on any atom is 0.331 e. The number of nitrogens with one attached hydrogen (secondary N) is 1. The zero-order valence-electron chi connectivity index (χ0n) is 16.9. The first kappa shape index (κ1) is 20.9. The molecule has 5 nitrogen and oxygen atoms in total. The van der Waals surface area contributed by atoms with Gasteiger partial charge in [0.25, 0.3) is 5.91 Å². The molecule has 0 bridgehead atoms. The van der Waals surface area contributed by atoms with Gasteiger partial charge in [0, 0.05) is 23.4 Å². The Hall–Kier alpha value is -3.86. The number of anilines is 1. The van der Waals surface area contributed by atoms with Crippen LogP contribution >= 0.6 is 0 Å². The summed E-state index contributed by atoms with van der Waals surface area (Å²) in [6.07, 6.45) is 1.89. The Bertz CT molecular complexity index is 1030. The van der Waals surface area contributed by atoms with Crippen LogP contribution in [0.3, 0.4) is 0 Å². The lowest BCUT2D eigenvalue weighted by Crippen LogP contribution is -2.25. The molecule has 3 rings (SSSR count). The molecule has 0 saturated carbocycles. The fourth-order valence-electron chi connectivity index (χ4n) is 2.81. The zero-order valence-corrected chi connectivity index (χ0v) is 16.9. The van der Waals surface area contributed by atoms with Gasteiger partial charge in [0.1, 0.15) is 5.75 Å². The van der Waals surface area contributed by atoms with Gasteiger partial charge in [-0.3, -0.25) is 4.79 Å². The minimum absolute atomic E-state index is 0.452. The molecule has 3 aromatic carbocycles. The Balaban J connectivity index is 1.76. The molecule has 5 heteroatoms. The smallest absolute Gasteiger partial charge is 0.331 e. The Labute approximate surface area is 176 Å². The topological polar surface area (TPSA) is 64.6 Å². The number of carbonyl (C=O) groups is 2. The number of amides is 1. The summed E-state index contributed by atoms with van der Waals surface area (Å²) < 4.78 is 10.7. The minimum atomic E-state index is -1.09. The SMILES string of the molecule is COc1cccc(NC(=O)[C@@H](OC(=O)/C=C/c2ccc(C)cc2)c2ccccc2)c1. The van der Waals surface area contributed by atoms with E-state index in [9.17, 15) is 9.59 Å². The van der Waals surface area contributed by atoms with Crippen molar-refractivity contribution in [1.29, 1.82) is 0 Å². The highest BCUT2D eigenvalue weighted by Gasteiger charge is 2.24. The van der Waals surface area contributed by atoms with Crippen molar-refractivity contribution in [3.63, 3.8) is 0 Å². The van der Waals surface area contributed by atoms with Crippen molar-refractivity contribution in [2.24, 2.45) is 0 Å². The molecule has 0 spiro atoms. The standard InChI is InChI=1S/C25H23NO4/c1-18-11-13-19(14-12-18)15-16-23(27)30-24(20-7-4-3-5-8-20)25(28)26-21-9-6-10-22(17-21)29-2/h3-17,24H,1-2H3,(H,26,28)/b16-15+/t24-/m0/s1. The number of hydrogen-bond acceptors (Lipinski definition) is 4. The number of ether oxygens (including phenoxy) is 2. The second-order valence-electron chi connectivity index (χ2n) is 6.69. The molecule has 1 amide bonds. The fourth-order valence-corrected chi connectivity index (χ4v) is 2.81. The molecule has 0 aliphatic heterocycles. The van der Waals surface area contributed by atoms with Crippen LogP contribution in [0.15, 0.2) is 84.9 Å². The summed E-state index contributed by atoms with van der Waals surface area (Å²) in [6.45, 7) is 1.99. The van der Waals surface area contributed by atoms with E-state index >= 15 is 0 Å². The molecule has 0 heterocycles. The van der Waals surface area contributed by atoms with Gasteiger partial charge in [-0.25, -0.2) is 4.79 Å². The van der Waals surface area contributed by atoms with Crippen LogP contribution in [-0.4, -0.2) is 19.0 Å². The Morgan fingerprint density at radius 2 is 1.67 bits per heavy atom. The van der Waals surface area contributed by atoms with Crippen LogP contribution in [0, 0.1) is 6.92 Å². The normalized spacial score (nSPS) is 11.7. The van der Waals surface area contributed by atoms with Gasteiger partial charge in [-0.1, -0.05) is 66.2 Å². The Morgan fingerprint density at radius 1 is 0.933 bits per heavy atom.